The van der Waals surface area contributed by atoms with Crippen LogP contribution in [-0.2, 0) is 14.8 Å². The smallest absolute Gasteiger partial charge is 0.264 e. The van der Waals surface area contributed by atoms with Gasteiger partial charge < -0.3 is 9.64 Å². The molecule has 0 atom stereocenters. The molecule has 8 heteroatoms. The van der Waals surface area contributed by atoms with Crippen LogP contribution in [0.4, 0.5) is 11.4 Å². The molecule has 0 amide bonds. The van der Waals surface area contributed by atoms with Gasteiger partial charge in [0.1, 0.15) is 4.90 Å². The first-order chi connectivity index (χ1) is 12.4. The van der Waals surface area contributed by atoms with Crippen molar-refractivity contribution in [3.8, 4) is 0 Å². The predicted molar refractivity (Wildman–Crippen MR) is 106 cm³/mol. The van der Waals surface area contributed by atoms with Crippen LogP contribution < -0.4 is 9.62 Å². The van der Waals surface area contributed by atoms with Crippen molar-refractivity contribution in [2.75, 3.05) is 29.8 Å². The highest BCUT2D eigenvalue weighted by molar-refractivity contribution is 7.93. The zero-order valence-electron chi connectivity index (χ0n) is 14.3. The number of methoxy groups -OCH3 is 1. The fourth-order valence-electron chi connectivity index (χ4n) is 3.04. The molecule has 140 valence electrons. The van der Waals surface area contributed by atoms with Gasteiger partial charge >= 0.3 is 0 Å². The van der Waals surface area contributed by atoms with Gasteiger partial charge in [0.2, 0.25) is 0 Å². The summed E-state index contributed by atoms with van der Waals surface area (Å²) in [5.41, 5.74) is 1.51. The molecule has 26 heavy (non-hydrogen) atoms. The van der Waals surface area contributed by atoms with E-state index in [4.69, 9.17) is 27.9 Å². The molecule has 0 aliphatic carbocycles. The molecular weight excluding hydrogens is 395 g/mol. The highest BCUT2D eigenvalue weighted by Crippen LogP contribution is 2.31. The number of anilines is 2. The van der Waals surface area contributed by atoms with Crippen LogP contribution >= 0.6 is 23.2 Å². The Morgan fingerprint density at radius 3 is 2.15 bits per heavy atom. The fraction of sp³-hybridized carbons (Fsp3) is 0.333. The van der Waals surface area contributed by atoms with E-state index < -0.39 is 10.0 Å². The third-order valence-electron chi connectivity index (χ3n) is 4.45. The van der Waals surface area contributed by atoms with Gasteiger partial charge in [-0.05, 0) is 49.2 Å². The van der Waals surface area contributed by atoms with Gasteiger partial charge in [-0.2, -0.15) is 0 Å². The van der Waals surface area contributed by atoms with E-state index in [-0.39, 0.29) is 14.9 Å². The number of ether oxygens (including phenoxy) is 1. The lowest BCUT2D eigenvalue weighted by Gasteiger charge is -2.33. The molecule has 0 spiro atoms. The molecule has 0 unspecified atom stereocenters. The standard InChI is InChI=1S/C18H20Cl2N2O3S/c1-25-15-9-11-22(12-10-15)14-7-5-13(6-8-14)21-26(23,24)18-16(19)3-2-4-17(18)20/h2-8,15,21H,9-12H2,1H3. The molecule has 0 saturated carbocycles. The minimum Gasteiger partial charge on any atom is -0.381 e. The third-order valence-corrected chi connectivity index (χ3v) is 6.78. The first-order valence-electron chi connectivity index (χ1n) is 8.25. The minimum absolute atomic E-state index is 0.0858. The molecule has 1 aliphatic heterocycles. The molecule has 2 aromatic rings. The van der Waals surface area contributed by atoms with Crippen molar-refractivity contribution >= 4 is 44.6 Å². The molecule has 2 aromatic carbocycles. The van der Waals surface area contributed by atoms with Gasteiger partial charge in [0.15, 0.2) is 0 Å². The average molecular weight is 415 g/mol. The second kappa shape index (κ2) is 8.05. The summed E-state index contributed by atoms with van der Waals surface area (Å²) in [6.45, 7) is 1.83. The van der Waals surface area contributed by atoms with Crippen LogP contribution in [0.2, 0.25) is 10.0 Å². The van der Waals surface area contributed by atoms with Crippen LogP contribution in [0.15, 0.2) is 47.4 Å². The fourth-order valence-corrected chi connectivity index (χ4v) is 5.24. The molecular formula is C18H20Cl2N2O3S. The van der Waals surface area contributed by atoms with Gasteiger partial charge in [-0.3, -0.25) is 4.72 Å². The second-order valence-electron chi connectivity index (χ2n) is 6.13. The Morgan fingerprint density at radius 2 is 1.62 bits per heavy atom. The van der Waals surface area contributed by atoms with Crippen LogP contribution in [0.1, 0.15) is 12.8 Å². The normalized spacial score (nSPS) is 15.9. The lowest BCUT2D eigenvalue weighted by Crippen LogP contribution is -2.36. The van der Waals surface area contributed by atoms with E-state index in [1.165, 1.54) is 12.1 Å². The molecule has 1 aliphatic rings. The van der Waals surface area contributed by atoms with Gasteiger partial charge in [0.25, 0.3) is 10.0 Å². The summed E-state index contributed by atoms with van der Waals surface area (Å²) in [6, 6.07) is 11.9. The number of halogens is 2. The predicted octanol–water partition coefficient (Wildman–Crippen LogP) is 4.41. The Balaban J connectivity index is 1.73. The van der Waals surface area contributed by atoms with E-state index in [0.29, 0.717) is 11.8 Å². The number of piperidine rings is 1. The number of hydrogen-bond donors (Lipinski definition) is 1. The topological polar surface area (TPSA) is 58.6 Å². The maximum Gasteiger partial charge on any atom is 0.264 e. The molecule has 0 bridgehead atoms. The average Bonchev–Trinajstić information content (AvgIpc) is 2.62. The van der Waals surface area contributed by atoms with E-state index in [0.717, 1.165) is 31.6 Å². The van der Waals surface area contributed by atoms with Crippen LogP contribution in [0.3, 0.4) is 0 Å². The van der Waals surface area contributed by atoms with E-state index in [9.17, 15) is 8.42 Å². The molecule has 0 radical (unpaired) electrons. The van der Waals surface area contributed by atoms with Crippen LogP contribution in [-0.4, -0.2) is 34.7 Å². The van der Waals surface area contributed by atoms with Crippen molar-refractivity contribution in [2.24, 2.45) is 0 Å². The number of rotatable bonds is 5. The Bertz CT molecular complexity index is 844. The largest absolute Gasteiger partial charge is 0.381 e. The van der Waals surface area contributed by atoms with Crippen molar-refractivity contribution in [2.45, 2.75) is 23.8 Å². The zero-order valence-corrected chi connectivity index (χ0v) is 16.6. The van der Waals surface area contributed by atoms with Crippen molar-refractivity contribution in [1.29, 1.82) is 0 Å². The van der Waals surface area contributed by atoms with E-state index >= 15 is 0 Å². The van der Waals surface area contributed by atoms with Crippen molar-refractivity contribution in [1.82, 2.24) is 0 Å². The summed E-state index contributed by atoms with van der Waals surface area (Å²) in [4.78, 5) is 2.15. The monoisotopic (exact) mass is 414 g/mol. The lowest BCUT2D eigenvalue weighted by molar-refractivity contribution is 0.0819. The highest BCUT2D eigenvalue weighted by atomic mass is 35.5. The van der Waals surface area contributed by atoms with Crippen molar-refractivity contribution in [3.63, 3.8) is 0 Å². The Kier molecular flexibility index (Phi) is 5.97. The first kappa shape index (κ1) is 19.3. The lowest BCUT2D eigenvalue weighted by atomic mass is 10.1. The maximum absolute atomic E-state index is 12.6. The van der Waals surface area contributed by atoms with Crippen LogP contribution in [0.25, 0.3) is 0 Å². The Hall–Kier alpha value is -1.47. The number of hydrogen-bond acceptors (Lipinski definition) is 4. The summed E-state index contributed by atoms with van der Waals surface area (Å²) in [7, 11) is -2.12. The number of benzene rings is 2. The second-order valence-corrected chi connectivity index (χ2v) is 8.56. The van der Waals surface area contributed by atoms with Crippen molar-refractivity contribution < 1.29 is 13.2 Å². The highest BCUT2D eigenvalue weighted by Gasteiger charge is 2.22. The molecule has 5 nitrogen and oxygen atoms in total. The minimum atomic E-state index is -3.87. The number of nitrogens with one attached hydrogen (secondary N) is 1. The molecule has 0 aromatic heterocycles. The summed E-state index contributed by atoms with van der Waals surface area (Å²) < 4.78 is 33.1. The summed E-state index contributed by atoms with van der Waals surface area (Å²) in [5.74, 6) is 0. The molecule has 1 saturated heterocycles. The maximum atomic E-state index is 12.6. The molecule has 3 rings (SSSR count). The first-order valence-corrected chi connectivity index (χ1v) is 10.5. The van der Waals surface area contributed by atoms with Gasteiger partial charge in [-0.1, -0.05) is 29.3 Å². The molecule has 1 fully saturated rings. The SMILES string of the molecule is COC1CCN(c2ccc(NS(=O)(=O)c3c(Cl)cccc3Cl)cc2)CC1. The Morgan fingerprint density at radius 1 is 1.04 bits per heavy atom. The van der Waals surface area contributed by atoms with Gasteiger partial charge in [0.05, 0.1) is 16.1 Å². The van der Waals surface area contributed by atoms with Gasteiger partial charge in [0, 0.05) is 31.6 Å². The van der Waals surface area contributed by atoms with E-state index in [1.54, 1.807) is 25.3 Å². The Labute approximate surface area is 163 Å². The summed E-state index contributed by atoms with van der Waals surface area (Å²) in [6.07, 6.45) is 2.28. The van der Waals surface area contributed by atoms with Crippen LogP contribution in [0, 0.1) is 0 Å². The molecule has 1 N–H and O–H groups in total. The number of nitrogens with zero attached hydrogens (tertiary/aromatic N) is 1. The van der Waals surface area contributed by atoms with Crippen molar-refractivity contribution in [3.05, 3.63) is 52.5 Å². The summed E-state index contributed by atoms with van der Waals surface area (Å²) >= 11 is 12.0. The van der Waals surface area contributed by atoms with Gasteiger partial charge in [-0.15, -0.1) is 0 Å². The van der Waals surface area contributed by atoms with Crippen LogP contribution in [0.5, 0.6) is 0 Å². The van der Waals surface area contributed by atoms with E-state index in [1.807, 2.05) is 12.1 Å². The third kappa shape index (κ3) is 4.26. The van der Waals surface area contributed by atoms with Gasteiger partial charge in [-0.25, -0.2) is 8.42 Å². The van der Waals surface area contributed by atoms with E-state index in [2.05, 4.69) is 9.62 Å². The quantitative estimate of drug-likeness (QED) is 0.786. The molecule has 1 heterocycles. The summed E-state index contributed by atoms with van der Waals surface area (Å²) in [5, 5.41) is 0.172. The number of sulfonamides is 1. The zero-order chi connectivity index (χ0) is 18.7.